The van der Waals surface area contributed by atoms with Crippen LogP contribution in [0.3, 0.4) is 0 Å². The maximum Gasteiger partial charge on any atom is 0.330 e. The van der Waals surface area contributed by atoms with Gasteiger partial charge in [-0.1, -0.05) is 18.2 Å². The molecule has 24 heavy (non-hydrogen) atoms. The van der Waals surface area contributed by atoms with Crippen LogP contribution in [0.4, 0.5) is 4.39 Å². The lowest BCUT2D eigenvalue weighted by atomic mass is 10.1. The molecule has 1 fully saturated rings. The molecular formula is C18H22FN3O2. The van der Waals surface area contributed by atoms with Crippen molar-refractivity contribution in [3.05, 3.63) is 68.2 Å². The average Bonchev–Trinajstić information content (AvgIpc) is 3.39. The molecule has 5 nitrogen and oxygen atoms in total. The zero-order valence-corrected chi connectivity index (χ0v) is 14.2. The molecule has 1 saturated carbocycles. The van der Waals surface area contributed by atoms with E-state index in [1.54, 1.807) is 19.2 Å². The second kappa shape index (κ2) is 6.36. The largest absolute Gasteiger partial charge is 0.330 e. The van der Waals surface area contributed by atoms with Gasteiger partial charge in [-0.15, -0.1) is 0 Å². The summed E-state index contributed by atoms with van der Waals surface area (Å²) in [5.74, 6) is -0.228. The first-order valence-corrected chi connectivity index (χ1v) is 8.16. The Morgan fingerprint density at radius 2 is 1.88 bits per heavy atom. The predicted molar refractivity (Wildman–Crippen MR) is 90.3 cm³/mol. The van der Waals surface area contributed by atoms with E-state index in [0.717, 1.165) is 17.4 Å². The summed E-state index contributed by atoms with van der Waals surface area (Å²) < 4.78 is 16.7. The van der Waals surface area contributed by atoms with Gasteiger partial charge in [0.1, 0.15) is 5.82 Å². The highest BCUT2D eigenvalue weighted by Crippen LogP contribution is 2.36. The number of nitrogens with zero attached hydrogens (tertiary/aromatic N) is 3. The Morgan fingerprint density at radius 1 is 1.21 bits per heavy atom. The van der Waals surface area contributed by atoms with Crippen LogP contribution in [0.25, 0.3) is 0 Å². The van der Waals surface area contributed by atoms with E-state index < -0.39 is 0 Å². The predicted octanol–water partition coefficient (Wildman–Crippen LogP) is 1.95. The first kappa shape index (κ1) is 16.6. The van der Waals surface area contributed by atoms with Crippen LogP contribution in [0.1, 0.15) is 37.1 Å². The second-order valence-corrected chi connectivity index (χ2v) is 6.48. The van der Waals surface area contributed by atoms with Gasteiger partial charge < -0.3 is 0 Å². The van der Waals surface area contributed by atoms with Crippen LogP contribution in [-0.4, -0.2) is 20.1 Å². The highest BCUT2D eigenvalue weighted by Gasteiger charge is 2.34. The summed E-state index contributed by atoms with van der Waals surface area (Å²) in [5, 5.41) is 0. The molecule has 1 atom stereocenters. The molecular weight excluding hydrogens is 309 g/mol. The molecule has 1 heterocycles. The Labute approximate surface area is 140 Å². The monoisotopic (exact) mass is 331 g/mol. The van der Waals surface area contributed by atoms with E-state index >= 15 is 0 Å². The molecule has 1 aliphatic rings. The fourth-order valence-corrected chi connectivity index (χ4v) is 3.10. The van der Waals surface area contributed by atoms with Crippen molar-refractivity contribution in [2.24, 2.45) is 14.1 Å². The van der Waals surface area contributed by atoms with Gasteiger partial charge >= 0.3 is 5.69 Å². The molecule has 128 valence electrons. The van der Waals surface area contributed by atoms with E-state index in [2.05, 4.69) is 4.90 Å². The standard InChI is InChI=1S/C18H22FN3O2/c1-12(15-6-4-5-7-16(15)19)22(13-8-9-13)11-14-10-17(23)21(3)18(24)20(14)2/h4-7,10,12-13H,8-9,11H2,1-3H3. The van der Waals surface area contributed by atoms with Crippen molar-refractivity contribution in [2.45, 2.75) is 38.4 Å². The van der Waals surface area contributed by atoms with E-state index in [1.165, 1.54) is 23.7 Å². The van der Waals surface area contributed by atoms with Gasteiger partial charge in [0, 0.05) is 50.0 Å². The lowest BCUT2D eigenvalue weighted by molar-refractivity contribution is 0.182. The highest BCUT2D eigenvalue weighted by molar-refractivity contribution is 5.21. The summed E-state index contributed by atoms with van der Waals surface area (Å²) in [6, 6.07) is 8.48. The Kier molecular flexibility index (Phi) is 4.41. The topological polar surface area (TPSA) is 47.2 Å². The molecule has 1 unspecified atom stereocenters. The smallest absolute Gasteiger partial charge is 0.299 e. The zero-order chi connectivity index (χ0) is 17.4. The first-order valence-electron chi connectivity index (χ1n) is 8.16. The van der Waals surface area contributed by atoms with Crippen LogP contribution in [-0.2, 0) is 20.6 Å². The average molecular weight is 331 g/mol. The molecule has 1 aliphatic carbocycles. The number of hydrogen-bond donors (Lipinski definition) is 0. The van der Waals surface area contributed by atoms with Gasteiger partial charge in [-0.3, -0.25) is 18.8 Å². The molecule has 0 N–H and O–H groups in total. The SMILES string of the molecule is CC(c1ccccc1F)N(Cc1cc(=O)n(C)c(=O)n1C)C1CC1. The van der Waals surface area contributed by atoms with Gasteiger partial charge in [0.2, 0.25) is 0 Å². The molecule has 0 saturated heterocycles. The molecule has 2 aromatic rings. The van der Waals surface area contributed by atoms with E-state index in [-0.39, 0.29) is 23.1 Å². The molecule has 3 rings (SSSR count). The molecule has 0 bridgehead atoms. The van der Waals surface area contributed by atoms with Gasteiger partial charge in [0.25, 0.3) is 5.56 Å². The van der Waals surface area contributed by atoms with E-state index in [1.807, 2.05) is 13.0 Å². The van der Waals surface area contributed by atoms with Crippen molar-refractivity contribution in [3.8, 4) is 0 Å². The Balaban J connectivity index is 1.95. The van der Waals surface area contributed by atoms with Crippen molar-refractivity contribution >= 4 is 0 Å². The number of benzene rings is 1. The molecule has 0 spiro atoms. The van der Waals surface area contributed by atoms with Gasteiger partial charge in [0.15, 0.2) is 0 Å². The highest BCUT2D eigenvalue weighted by atomic mass is 19.1. The number of halogens is 1. The molecule has 1 aromatic carbocycles. The summed E-state index contributed by atoms with van der Waals surface area (Å²) in [5.41, 5.74) is 0.630. The minimum atomic E-state index is -0.341. The molecule has 0 radical (unpaired) electrons. The molecule has 0 amide bonds. The van der Waals surface area contributed by atoms with Crippen molar-refractivity contribution in [1.82, 2.24) is 14.0 Å². The fraction of sp³-hybridized carbons (Fsp3) is 0.444. The Morgan fingerprint density at radius 3 is 2.50 bits per heavy atom. The molecule has 1 aromatic heterocycles. The van der Waals surface area contributed by atoms with Crippen LogP contribution in [0.2, 0.25) is 0 Å². The van der Waals surface area contributed by atoms with Gasteiger partial charge in [0.05, 0.1) is 0 Å². The number of hydrogen-bond acceptors (Lipinski definition) is 3. The van der Waals surface area contributed by atoms with Crippen molar-refractivity contribution in [3.63, 3.8) is 0 Å². The number of aromatic nitrogens is 2. The summed E-state index contributed by atoms with van der Waals surface area (Å²) in [6.07, 6.45) is 2.11. The summed E-state index contributed by atoms with van der Waals surface area (Å²) in [4.78, 5) is 26.2. The van der Waals surface area contributed by atoms with E-state index in [4.69, 9.17) is 0 Å². The minimum absolute atomic E-state index is 0.127. The van der Waals surface area contributed by atoms with Gasteiger partial charge in [-0.05, 0) is 25.8 Å². The minimum Gasteiger partial charge on any atom is -0.299 e. The summed E-state index contributed by atoms with van der Waals surface area (Å²) in [7, 11) is 3.13. The third-order valence-electron chi connectivity index (χ3n) is 4.84. The van der Waals surface area contributed by atoms with Crippen LogP contribution >= 0.6 is 0 Å². The normalized spacial score (nSPS) is 15.7. The van der Waals surface area contributed by atoms with E-state index in [9.17, 15) is 14.0 Å². The maximum atomic E-state index is 14.1. The van der Waals surface area contributed by atoms with Gasteiger partial charge in [-0.25, -0.2) is 9.18 Å². The van der Waals surface area contributed by atoms with Gasteiger partial charge in [-0.2, -0.15) is 0 Å². The number of rotatable bonds is 5. The fourth-order valence-electron chi connectivity index (χ4n) is 3.10. The van der Waals surface area contributed by atoms with Crippen LogP contribution in [0.15, 0.2) is 39.9 Å². The second-order valence-electron chi connectivity index (χ2n) is 6.48. The van der Waals surface area contributed by atoms with E-state index in [0.29, 0.717) is 23.8 Å². The van der Waals surface area contributed by atoms with Crippen LogP contribution in [0.5, 0.6) is 0 Å². The summed E-state index contributed by atoms with van der Waals surface area (Å²) >= 11 is 0. The lowest BCUT2D eigenvalue weighted by Gasteiger charge is -2.30. The van der Waals surface area contributed by atoms with Crippen molar-refractivity contribution < 1.29 is 4.39 Å². The Bertz CT molecular complexity index is 867. The van der Waals surface area contributed by atoms with Crippen molar-refractivity contribution in [2.75, 3.05) is 0 Å². The maximum absolute atomic E-state index is 14.1. The molecule has 0 aliphatic heterocycles. The lowest BCUT2D eigenvalue weighted by Crippen LogP contribution is -2.40. The third kappa shape index (κ3) is 3.06. The summed E-state index contributed by atoms with van der Waals surface area (Å²) in [6.45, 7) is 2.41. The Hall–Kier alpha value is -2.21. The van der Waals surface area contributed by atoms with Crippen molar-refractivity contribution in [1.29, 1.82) is 0 Å². The molecule has 6 heteroatoms. The first-order chi connectivity index (χ1) is 11.4. The van der Waals surface area contributed by atoms with Crippen LogP contribution in [0, 0.1) is 5.82 Å². The zero-order valence-electron chi connectivity index (χ0n) is 14.2. The van der Waals surface area contributed by atoms with Crippen LogP contribution < -0.4 is 11.2 Å². The third-order valence-corrected chi connectivity index (χ3v) is 4.84. The quantitative estimate of drug-likeness (QED) is 0.841.